The van der Waals surface area contributed by atoms with Gasteiger partial charge in [-0.1, -0.05) is 0 Å². The van der Waals surface area contributed by atoms with Crippen LogP contribution in [0.5, 0.6) is 5.75 Å². The molecule has 90 valence electrons. The van der Waals surface area contributed by atoms with E-state index in [1.165, 1.54) is 0 Å². The SMILES string of the molecule is Cn1c(-c2ccc(I)c(O)c2)nc2ncccc21. The van der Waals surface area contributed by atoms with Crippen molar-refractivity contribution in [2.24, 2.45) is 7.05 Å². The van der Waals surface area contributed by atoms with Crippen LogP contribution >= 0.6 is 22.6 Å². The topological polar surface area (TPSA) is 50.9 Å². The van der Waals surface area contributed by atoms with Crippen LogP contribution in [-0.4, -0.2) is 19.6 Å². The van der Waals surface area contributed by atoms with E-state index < -0.39 is 0 Å². The first-order valence-electron chi connectivity index (χ1n) is 5.43. The monoisotopic (exact) mass is 351 g/mol. The number of phenolic OH excluding ortho intramolecular Hbond substituents is 1. The highest BCUT2D eigenvalue weighted by molar-refractivity contribution is 14.1. The summed E-state index contributed by atoms with van der Waals surface area (Å²) in [4.78, 5) is 8.72. The van der Waals surface area contributed by atoms with Gasteiger partial charge in [-0.05, 0) is 52.9 Å². The number of aromatic nitrogens is 3. The predicted octanol–water partition coefficient (Wildman–Crippen LogP) is 2.95. The Bertz CT molecular complexity index is 736. The van der Waals surface area contributed by atoms with Crippen LogP contribution < -0.4 is 0 Å². The lowest BCUT2D eigenvalue weighted by atomic mass is 10.2. The zero-order valence-corrected chi connectivity index (χ0v) is 11.8. The standard InChI is InChI=1S/C13H10IN3O/c1-17-10-3-2-6-15-12(10)16-13(17)8-4-5-9(14)11(18)7-8/h2-7,18H,1H3. The summed E-state index contributed by atoms with van der Waals surface area (Å²) in [6.07, 6.45) is 1.73. The molecule has 5 heteroatoms. The van der Waals surface area contributed by atoms with Gasteiger partial charge >= 0.3 is 0 Å². The number of nitrogens with zero attached hydrogens (tertiary/aromatic N) is 3. The Balaban J connectivity index is 2.25. The molecule has 0 aliphatic rings. The molecule has 3 aromatic rings. The number of phenols is 1. The number of fused-ring (bicyclic) bond motifs is 1. The molecule has 0 saturated carbocycles. The average Bonchev–Trinajstić information content (AvgIpc) is 2.71. The molecule has 2 heterocycles. The van der Waals surface area contributed by atoms with Crippen molar-refractivity contribution in [2.45, 2.75) is 0 Å². The summed E-state index contributed by atoms with van der Waals surface area (Å²) in [6, 6.07) is 9.41. The predicted molar refractivity (Wildman–Crippen MR) is 78.3 cm³/mol. The molecule has 1 N–H and O–H groups in total. The van der Waals surface area contributed by atoms with Gasteiger partial charge in [-0.2, -0.15) is 0 Å². The Labute approximate surface area is 117 Å². The molecule has 0 spiro atoms. The van der Waals surface area contributed by atoms with Crippen LogP contribution in [0.25, 0.3) is 22.6 Å². The van der Waals surface area contributed by atoms with Gasteiger partial charge in [-0.3, -0.25) is 0 Å². The summed E-state index contributed by atoms with van der Waals surface area (Å²) in [5, 5.41) is 9.77. The Morgan fingerprint density at radius 3 is 2.83 bits per heavy atom. The third kappa shape index (κ3) is 1.74. The van der Waals surface area contributed by atoms with Gasteiger partial charge in [0.2, 0.25) is 0 Å². The van der Waals surface area contributed by atoms with Crippen LogP contribution in [-0.2, 0) is 7.05 Å². The quantitative estimate of drug-likeness (QED) is 0.686. The normalized spacial score (nSPS) is 11.0. The van der Waals surface area contributed by atoms with Crippen LogP contribution in [0.4, 0.5) is 0 Å². The number of rotatable bonds is 1. The van der Waals surface area contributed by atoms with E-state index in [0.717, 1.165) is 20.5 Å². The molecule has 0 unspecified atom stereocenters. The first kappa shape index (κ1) is 11.5. The molecule has 0 amide bonds. The fourth-order valence-corrected chi connectivity index (χ4v) is 2.27. The van der Waals surface area contributed by atoms with Crippen LogP contribution in [0.2, 0.25) is 0 Å². The highest BCUT2D eigenvalue weighted by Gasteiger charge is 2.11. The fourth-order valence-electron chi connectivity index (χ4n) is 1.94. The second kappa shape index (κ2) is 4.24. The number of imidazole rings is 1. The maximum Gasteiger partial charge on any atom is 0.178 e. The summed E-state index contributed by atoms with van der Waals surface area (Å²) in [5.74, 6) is 1.07. The van der Waals surface area contributed by atoms with Gasteiger partial charge in [0.15, 0.2) is 5.65 Å². The summed E-state index contributed by atoms with van der Waals surface area (Å²) in [7, 11) is 1.95. The maximum absolute atomic E-state index is 9.77. The first-order chi connectivity index (χ1) is 8.66. The van der Waals surface area contributed by atoms with E-state index in [1.807, 2.05) is 35.9 Å². The van der Waals surface area contributed by atoms with Gasteiger partial charge < -0.3 is 9.67 Å². The van der Waals surface area contributed by atoms with E-state index in [4.69, 9.17) is 0 Å². The molecule has 2 aromatic heterocycles. The van der Waals surface area contributed by atoms with Crippen molar-refractivity contribution in [3.63, 3.8) is 0 Å². The lowest BCUT2D eigenvalue weighted by molar-refractivity contribution is 0.471. The zero-order chi connectivity index (χ0) is 12.7. The zero-order valence-electron chi connectivity index (χ0n) is 9.63. The number of aromatic hydroxyl groups is 1. The third-order valence-corrected chi connectivity index (χ3v) is 3.77. The number of aryl methyl sites for hydroxylation is 1. The van der Waals surface area contributed by atoms with Gasteiger partial charge in [0.1, 0.15) is 11.6 Å². The second-order valence-electron chi connectivity index (χ2n) is 4.01. The first-order valence-corrected chi connectivity index (χ1v) is 6.51. The third-order valence-electron chi connectivity index (χ3n) is 2.86. The largest absolute Gasteiger partial charge is 0.507 e. The van der Waals surface area contributed by atoms with Crippen LogP contribution in [0.1, 0.15) is 0 Å². The molecule has 0 aliphatic heterocycles. The van der Waals surface area contributed by atoms with Crippen LogP contribution in [0, 0.1) is 3.57 Å². The van der Waals surface area contributed by atoms with Crippen molar-refractivity contribution in [1.29, 1.82) is 0 Å². The average molecular weight is 351 g/mol. The van der Waals surface area contributed by atoms with Crippen LogP contribution in [0.15, 0.2) is 36.5 Å². The number of halogens is 1. The number of hydrogen-bond acceptors (Lipinski definition) is 3. The molecular formula is C13H10IN3O. The number of benzene rings is 1. The summed E-state index contributed by atoms with van der Waals surface area (Å²) < 4.78 is 2.80. The van der Waals surface area contributed by atoms with Crippen LogP contribution in [0.3, 0.4) is 0 Å². The minimum atomic E-state index is 0.271. The second-order valence-corrected chi connectivity index (χ2v) is 5.17. The lowest BCUT2D eigenvalue weighted by Gasteiger charge is -2.04. The molecule has 3 rings (SSSR count). The molecule has 4 nitrogen and oxygen atoms in total. The summed E-state index contributed by atoms with van der Waals surface area (Å²) in [5.41, 5.74) is 2.58. The molecule has 18 heavy (non-hydrogen) atoms. The van der Waals surface area contributed by atoms with E-state index in [9.17, 15) is 5.11 Å². The highest BCUT2D eigenvalue weighted by Crippen LogP contribution is 2.28. The van der Waals surface area contributed by atoms with Gasteiger partial charge in [0, 0.05) is 18.8 Å². The Morgan fingerprint density at radius 2 is 2.11 bits per heavy atom. The van der Waals surface area contributed by atoms with E-state index in [1.54, 1.807) is 12.3 Å². The molecule has 0 radical (unpaired) electrons. The van der Waals surface area contributed by atoms with Crippen molar-refractivity contribution in [1.82, 2.24) is 14.5 Å². The minimum absolute atomic E-state index is 0.271. The van der Waals surface area contributed by atoms with Gasteiger partial charge in [-0.15, -0.1) is 0 Å². The minimum Gasteiger partial charge on any atom is -0.507 e. The molecule has 0 fully saturated rings. The molecule has 0 saturated heterocycles. The smallest absolute Gasteiger partial charge is 0.178 e. The van der Waals surface area contributed by atoms with Crippen molar-refractivity contribution in [3.8, 4) is 17.1 Å². The molecule has 0 atom stereocenters. The van der Waals surface area contributed by atoms with Crippen molar-refractivity contribution in [2.75, 3.05) is 0 Å². The van der Waals surface area contributed by atoms with Crippen molar-refractivity contribution < 1.29 is 5.11 Å². The summed E-state index contributed by atoms with van der Waals surface area (Å²) >= 11 is 2.09. The Morgan fingerprint density at radius 1 is 1.28 bits per heavy atom. The van der Waals surface area contributed by atoms with E-state index in [2.05, 4.69) is 32.6 Å². The molecular weight excluding hydrogens is 341 g/mol. The summed E-state index contributed by atoms with van der Waals surface area (Å²) in [6.45, 7) is 0. The van der Waals surface area contributed by atoms with Gasteiger partial charge in [-0.25, -0.2) is 9.97 Å². The van der Waals surface area contributed by atoms with E-state index in [-0.39, 0.29) is 5.75 Å². The molecule has 0 bridgehead atoms. The number of hydrogen-bond donors (Lipinski definition) is 1. The molecule has 1 aromatic carbocycles. The maximum atomic E-state index is 9.77. The fraction of sp³-hybridized carbons (Fsp3) is 0.0769. The molecule has 0 aliphatic carbocycles. The van der Waals surface area contributed by atoms with Gasteiger partial charge in [0.25, 0.3) is 0 Å². The van der Waals surface area contributed by atoms with E-state index >= 15 is 0 Å². The lowest BCUT2D eigenvalue weighted by Crippen LogP contribution is -1.92. The van der Waals surface area contributed by atoms with Crippen molar-refractivity contribution in [3.05, 3.63) is 40.1 Å². The Hall–Kier alpha value is -1.63. The highest BCUT2D eigenvalue weighted by atomic mass is 127. The van der Waals surface area contributed by atoms with E-state index in [0.29, 0.717) is 5.65 Å². The Kier molecular flexibility index (Phi) is 2.70. The number of pyridine rings is 1. The van der Waals surface area contributed by atoms with Gasteiger partial charge in [0.05, 0.1) is 9.09 Å². The van der Waals surface area contributed by atoms with Crippen molar-refractivity contribution >= 4 is 33.8 Å².